The van der Waals surface area contributed by atoms with E-state index in [1.54, 1.807) is 11.3 Å². The lowest BCUT2D eigenvalue weighted by Crippen LogP contribution is -2.43. The van der Waals surface area contributed by atoms with Crippen molar-refractivity contribution >= 4 is 17.3 Å². The molecule has 142 valence electrons. The van der Waals surface area contributed by atoms with E-state index < -0.39 is 23.7 Å². The highest BCUT2D eigenvalue weighted by atomic mass is 32.1. The van der Waals surface area contributed by atoms with Crippen LogP contribution >= 0.6 is 11.3 Å². The predicted octanol–water partition coefficient (Wildman–Crippen LogP) is 3.69. The van der Waals surface area contributed by atoms with Crippen LogP contribution in [0.4, 0.5) is 8.78 Å². The number of aryl methyl sites for hydroxylation is 1. The minimum Gasteiger partial charge on any atom is -0.481 e. The fourth-order valence-corrected chi connectivity index (χ4v) is 3.42. The number of hydrogen-bond donors (Lipinski definition) is 3. The molecule has 1 aromatic heterocycles. The van der Waals surface area contributed by atoms with Crippen molar-refractivity contribution in [2.75, 3.05) is 6.54 Å². The van der Waals surface area contributed by atoms with E-state index in [4.69, 9.17) is 5.11 Å². The van der Waals surface area contributed by atoms with Crippen LogP contribution < -0.4 is 5.32 Å². The highest BCUT2D eigenvalue weighted by molar-refractivity contribution is 7.07. The lowest BCUT2D eigenvalue weighted by atomic mass is 9.95. The maximum Gasteiger partial charge on any atom is 0.303 e. The SMILES string of the molecule is CC(C)(Cc1ccsc1)NC[C@@H](O)c1cc(CCC(=O)O)cc(F)c1F. The minimum atomic E-state index is -1.24. The summed E-state index contributed by atoms with van der Waals surface area (Å²) in [4.78, 5) is 10.7. The van der Waals surface area contributed by atoms with Crippen LogP contribution in [0.2, 0.25) is 0 Å². The van der Waals surface area contributed by atoms with Crippen LogP contribution in [0.15, 0.2) is 29.0 Å². The molecule has 0 amide bonds. The van der Waals surface area contributed by atoms with Crippen molar-refractivity contribution in [3.05, 3.63) is 57.3 Å². The molecule has 0 aliphatic carbocycles. The highest BCUT2D eigenvalue weighted by Gasteiger charge is 2.23. The number of halogens is 2. The standard InChI is InChI=1S/C19H23F2NO3S/c1-19(2,9-13-5-6-26-11-13)22-10-16(23)14-7-12(3-4-17(24)25)8-15(20)18(14)21/h5-8,11,16,22-23H,3-4,9-10H2,1-2H3,(H,24,25)/t16-/m1/s1. The lowest BCUT2D eigenvalue weighted by Gasteiger charge is -2.28. The van der Waals surface area contributed by atoms with Crippen molar-refractivity contribution in [1.29, 1.82) is 0 Å². The number of aliphatic hydroxyl groups is 1. The van der Waals surface area contributed by atoms with Gasteiger partial charge in [0, 0.05) is 24.1 Å². The highest BCUT2D eigenvalue weighted by Crippen LogP contribution is 2.23. The quantitative estimate of drug-likeness (QED) is 0.618. The second-order valence-corrected chi connectivity index (χ2v) is 7.74. The number of carbonyl (C=O) groups is 1. The smallest absolute Gasteiger partial charge is 0.303 e. The van der Waals surface area contributed by atoms with E-state index in [1.165, 1.54) is 6.07 Å². The maximum absolute atomic E-state index is 14.1. The Morgan fingerprint density at radius 2 is 2.04 bits per heavy atom. The fraction of sp³-hybridized carbons (Fsp3) is 0.421. The Bertz CT molecular complexity index is 747. The monoisotopic (exact) mass is 383 g/mol. The zero-order valence-corrected chi connectivity index (χ0v) is 15.6. The third-order valence-corrected chi connectivity index (χ3v) is 4.83. The minimum absolute atomic E-state index is 0.0515. The van der Waals surface area contributed by atoms with Gasteiger partial charge in [-0.05, 0) is 66.8 Å². The second kappa shape index (κ2) is 8.70. The van der Waals surface area contributed by atoms with Crippen LogP contribution in [0, 0.1) is 11.6 Å². The van der Waals surface area contributed by atoms with Gasteiger partial charge in [0.05, 0.1) is 6.10 Å². The molecule has 1 aromatic carbocycles. The maximum atomic E-state index is 14.1. The number of carboxylic acid groups (broad SMARTS) is 1. The van der Waals surface area contributed by atoms with Crippen LogP contribution in [0.5, 0.6) is 0 Å². The first-order valence-corrected chi connectivity index (χ1v) is 9.26. The van der Waals surface area contributed by atoms with Crippen molar-refractivity contribution in [2.24, 2.45) is 0 Å². The molecule has 0 unspecified atom stereocenters. The second-order valence-electron chi connectivity index (χ2n) is 6.96. The number of carboxylic acids is 1. The molecule has 1 atom stereocenters. The van der Waals surface area contributed by atoms with E-state index in [0.29, 0.717) is 5.56 Å². The molecule has 1 heterocycles. The Balaban J connectivity index is 2.05. The van der Waals surface area contributed by atoms with Gasteiger partial charge in [-0.15, -0.1) is 0 Å². The van der Waals surface area contributed by atoms with Crippen molar-refractivity contribution < 1.29 is 23.8 Å². The molecule has 0 spiro atoms. The Kier molecular flexibility index (Phi) is 6.86. The van der Waals surface area contributed by atoms with Gasteiger partial charge in [-0.25, -0.2) is 8.78 Å². The summed E-state index contributed by atoms with van der Waals surface area (Å²) < 4.78 is 27.9. The molecular weight excluding hydrogens is 360 g/mol. The summed E-state index contributed by atoms with van der Waals surface area (Å²) >= 11 is 1.60. The third-order valence-electron chi connectivity index (χ3n) is 4.10. The molecule has 0 bridgehead atoms. The molecule has 0 aliphatic heterocycles. The van der Waals surface area contributed by atoms with E-state index in [0.717, 1.165) is 18.1 Å². The number of nitrogens with one attached hydrogen (secondary N) is 1. The Labute approximate surface area is 155 Å². The van der Waals surface area contributed by atoms with Gasteiger partial charge in [0.15, 0.2) is 11.6 Å². The zero-order valence-electron chi connectivity index (χ0n) is 14.8. The van der Waals surface area contributed by atoms with Gasteiger partial charge in [-0.1, -0.05) is 0 Å². The average molecular weight is 383 g/mol. The molecular formula is C19H23F2NO3S. The van der Waals surface area contributed by atoms with Gasteiger partial charge in [0.1, 0.15) is 0 Å². The fourth-order valence-electron chi connectivity index (χ4n) is 2.76. The molecule has 0 aliphatic rings. The molecule has 3 N–H and O–H groups in total. The van der Waals surface area contributed by atoms with Gasteiger partial charge in [-0.2, -0.15) is 11.3 Å². The third kappa shape index (κ3) is 5.86. The van der Waals surface area contributed by atoms with E-state index in [2.05, 4.69) is 5.32 Å². The van der Waals surface area contributed by atoms with Gasteiger partial charge in [0.25, 0.3) is 0 Å². The Morgan fingerprint density at radius 3 is 2.65 bits per heavy atom. The van der Waals surface area contributed by atoms with Crippen LogP contribution in [0.25, 0.3) is 0 Å². The molecule has 0 radical (unpaired) electrons. The summed E-state index contributed by atoms with van der Waals surface area (Å²) in [6.07, 6.45) is -0.620. The summed E-state index contributed by atoms with van der Waals surface area (Å²) in [6.45, 7) is 3.99. The number of thiophene rings is 1. The number of β-amino-alcohol motifs (C(OH)–C–C–N with tert-alkyl or cyclic N) is 1. The Hall–Kier alpha value is -1.83. The van der Waals surface area contributed by atoms with Crippen LogP contribution in [-0.4, -0.2) is 28.3 Å². The number of rotatable bonds is 9. The first-order chi connectivity index (χ1) is 12.2. The van der Waals surface area contributed by atoms with Crippen molar-refractivity contribution in [3.63, 3.8) is 0 Å². The summed E-state index contributed by atoms with van der Waals surface area (Å²) in [6, 6.07) is 4.33. The molecule has 0 saturated carbocycles. The Morgan fingerprint density at radius 1 is 1.31 bits per heavy atom. The van der Waals surface area contributed by atoms with Crippen molar-refractivity contribution in [1.82, 2.24) is 5.32 Å². The number of benzene rings is 1. The van der Waals surface area contributed by atoms with E-state index >= 15 is 0 Å². The molecule has 0 fully saturated rings. The van der Waals surface area contributed by atoms with Crippen LogP contribution in [0.3, 0.4) is 0 Å². The number of aliphatic hydroxyl groups excluding tert-OH is 1. The largest absolute Gasteiger partial charge is 0.481 e. The summed E-state index contributed by atoms with van der Waals surface area (Å²) in [7, 11) is 0. The van der Waals surface area contributed by atoms with Crippen LogP contribution in [-0.2, 0) is 17.6 Å². The lowest BCUT2D eigenvalue weighted by molar-refractivity contribution is -0.136. The summed E-state index contributed by atoms with van der Waals surface area (Å²) in [5, 5.41) is 26.3. The van der Waals surface area contributed by atoms with Gasteiger partial charge < -0.3 is 15.5 Å². The molecule has 2 aromatic rings. The summed E-state index contributed by atoms with van der Waals surface area (Å²) in [5.74, 6) is -3.21. The van der Waals surface area contributed by atoms with E-state index in [9.17, 15) is 18.7 Å². The zero-order chi connectivity index (χ0) is 19.3. The predicted molar refractivity (Wildman–Crippen MR) is 97.4 cm³/mol. The van der Waals surface area contributed by atoms with Gasteiger partial charge >= 0.3 is 5.97 Å². The van der Waals surface area contributed by atoms with E-state index in [1.807, 2.05) is 30.7 Å². The number of aliphatic carboxylic acids is 1. The average Bonchev–Trinajstić information content (AvgIpc) is 3.05. The topological polar surface area (TPSA) is 69.6 Å². The number of hydrogen-bond acceptors (Lipinski definition) is 4. The van der Waals surface area contributed by atoms with Crippen molar-refractivity contribution in [2.45, 2.75) is 44.8 Å². The van der Waals surface area contributed by atoms with Crippen molar-refractivity contribution in [3.8, 4) is 0 Å². The molecule has 2 rings (SSSR count). The van der Waals surface area contributed by atoms with E-state index in [-0.39, 0.29) is 30.5 Å². The first-order valence-electron chi connectivity index (χ1n) is 8.32. The molecule has 26 heavy (non-hydrogen) atoms. The normalized spacial score (nSPS) is 13.0. The summed E-state index contributed by atoms with van der Waals surface area (Å²) in [5.41, 5.74) is 1.01. The van der Waals surface area contributed by atoms with Gasteiger partial charge in [0.2, 0.25) is 0 Å². The molecule has 0 saturated heterocycles. The molecule has 7 heteroatoms. The van der Waals surface area contributed by atoms with Crippen LogP contribution in [0.1, 0.15) is 43.1 Å². The molecule has 4 nitrogen and oxygen atoms in total. The van der Waals surface area contributed by atoms with Gasteiger partial charge in [-0.3, -0.25) is 4.79 Å². The first kappa shape index (κ1) is 20.5.